The first kappa shape index (κ1) is 16.0. The predicted molar refractivity (Wildman–Crippen MR) is 86.6 cm³/mol. The number of aryl methyl sites for hydroxylation is 2. The Bertz CT molecular complexity index is 687. The van der Waals surface area contributed by atoms with E-state index >= 15 is 0 Å². The van der Waals surface area contributed by atoms with Gasteiger partial charge in [-0.15, -0.1) is 0 Å². The fraction of sp³-hybridized carbons (Fsp3) is 0.263. The third-order valence-electron chi connectivity index (χ3n) is 3.59. The summed E-state index contributed by atoms with van der Waals surface area (Å²) in [6.45, 7) is 5.83. The molecule has 114 valence electrons. The van der Waals surface area contributed by atoms with E-state index in [2.05, 4.69) is 0 Å². The van der Waals surface area contributed by atoms with Crippen LogP contribution in [0.2, 0.25) is 0 Å². The lowest BCUT2D eigenvalue weighted by molar-refractivity contribution is 0.0732. The van der Waals surface area contributed by atoms with Crippen molar-refractivity contribution < 1.29 is 14.3 Å². The van der Waals surface area contributed by atoms with Gasteiger partial charge in [-0.2, -0.15) is 0 Å². The zero-order valence-electron chi connectivity index (χ0n) is 13.2. The van der Waals surface area contributed by atoms with Gasteiger partial charge in [-0.3, -0.25) is 4.79 Å². The first-order valence-corrected chi connectivity index (χ1v) is 7.44. The number of ether oxygens (including phenoxy) is 1. The maximum atomic E-state index is 12.3. The van der Waals surface area contributed by atoms with Crippen LogP contribution in [0.25, 0.3) is 0 Å². The Hall–Kier alpha value is -2.42. The fourth-order valence-electron chi connectivity index (χ4n) is 2.19. The lowest BCUT2D eigenvalue weighted by Gasteiger charge is -2.12. The molecule has 0 amide bonds. The number of ketones is 1. The maximum absolute atomic E-state index is 12.3. The standard InChI is InChI=1S/C19H20O3/c1-4-8-17(20)16-11-13(2)14(3)12-18(16)22-19(21)15-9-6-5-7-10-15/h5-7,9-12H,4,8H2,1-3H3. The van der Waals surface area contributed by atoms with Gasteiger partial charge in [-0.1, -0.05) is 25.1 Å². The molecule has 0 bridgehead atoms. The number of rotatable bonds is 5. The monoisotopic (exact) mass is 296 g/mol. The average molecular weight is 296 g/mol. The SMILES string of the molecule is CCCC(=O)c1cc(C)c(C)cc1OC(=O)c1ccccc1. The Morgan fingerprint density at radius 2 is 1.64 bits per heavy atom. The van der Waals surface area contributed by atoms with Crippen molar-refractivity contribution in [3.05, 3.63) is 64.7 Å². The van der Waals surface area contributed by atoms with E-state index in [0.717, 1.165) is 17.5 Å². The van der Waals surface area contributed by atoms with E-state index in [4.69, 9.17) is 4.74 Å². The highest BCUT2D eigenvalue weighted by molar-refractivity contribution is 6.00. The normalized spacial score (nSPS) is 10.3. The zero-order valence-corrected chi connectivity index (χ0v) is 13.2. The van der Waals surface area contributed by atoms with Crippen molar-refractivity contribution in [3.8, 4) is 5.75 Å². The lowest BCUT2D eigenvalue weighted by atomic mass is 10.00. The third kappa shape index (κ3) is 3.61. The Kier molecular flexibility index (Phi) is 5.10. The summed E-state index contributed by atoms with van der Waals surface area (Å²) in [5, 5.41) is 0. The smallest absolute Gasteiger partial charge is 0.343 e. The highest BCUT2D eigenvalue weighted by atomic mass is 16.5. The number of esters is 1. The van der Waals surface area contributed by atoms with Crippen LogP contribution < -0.4 is 4.74 Å². The second kappa shape index (κ2) is 7.03. The molecule has 3 nitrogen and oxygen atoms in total. The summed E-state index contributed by atoms with van der Waals surface area (Å²) < 4.78 is 5.48. The molecule has 0 spiro atoms. The molecule has 22 heavy (non-hydrogen) atoms. The molecule has 0 aliphatic heterocycles. The van der Waals surface area contributed by atoms with Gasteiger partial charge in [-0.25, -0.2) is 4.79 Å². The van der Waals surface area contributed by atoms with Crippen molar-refractivity contribution >= 4 is 11.8 Å². The van der Waals surface area contributed by atoms with Crippen molar-refractivity contribution in [3.63, 3.8) is 0 Å². The largest absolute Gasteiger partial charge is 0.422 e. The van der Waals surface area contributed by atoms with Gasteiger partial charge in [0.1, 0.15) is 5.75 Å². The number of benzene rings is 2. The number of hydrogen-bond acceptors (Lipinski definition) is 3. The molecule has 0 heterocycles. The minimum Gasteiger partial charge on any atom is -0.422 e. The van der Waals surface area contributed by atoms with Crippen LogP contribution in [0.3, 0.4) is 0 Å². The lowest BCUT2D eigenvalue weighted by Crippen LogP contribution is -2.12. The molecule has 0 aliphatic carbocycles. The second-order valence-corrected chi connectivity index (χ2v) is 5.36. The second-order valence-electron chi connectivity index (χ2n) is 5.36. The molecule has 0 aliphatic rings. The predicted octanol–water partition coefficient (Wildman–Crippen LogP) is 4.51. The summed E-state index contributed by atoms with van der Waals surface area (Å²) in [6, 6.07) is 12.3. The molecule has 0 N–H and O–H groups in total. The van der Waals surface area contributed by atoms with E-state index in [0.29, 0.717) is 23.3 Å². The summed E-state index contributed by atoms with van der Waals surface area (Å²) in [6.07, 6.45) is 1.20. The minimum absolute atomic E-state index is 0.00135. The van der Waals surface area contributed by atoms with Crippen molar-refractivity contribution in [1.82, 2.24) is 0 Å². The number of Topliss-reactive ketones (excluding diaryl/α,β-unsaturated/α-hetero) is 1. The molecule has 2 aromatic rings. The van der Waals surface area contributed by atoms with E-state index in [9.17, 15) is 9.59 Å². The van der Waals surface area contributed by atoms with Crippen LogP contribution in [0.1, 0.15) is 51.6 Å². The Labute approximate surface area is 130 Å². The van der Waals surface area contributed by atoms with Crippen LogP contribution in [0, 0.1) is 13.8 Å². The van der Waals surface area contributed by atoms with E-state index in [-0.39, 0.29) is 5.78 Å². The topological polar surface area (TPSA) is 43.4 Å². The van der Waals surface area contributed by atoms with E-state index in [1.165, 1.54) is 0 Å². The molecule has 0 atom stereocenters. The molecular formula is C19H20O3. The number of hydrogen-bond donors (Lipinski definition) is 0. The van der Waals surface area contributed by atoms with Crippen LogP contribution in [-0.2, 0) is 0 Å². The van der Waals surface area contributed by atoms with Crippen molar-refractivity contribution in [2.75, 3.05) is 0 Å². The quantitative estimate of drug-likeness (QED) is 0.463. The van der Waals surface area contributed by atoms with Gasteiger partial charge in [0, 0.05) is 6.42 Å². The average Bonchev–Trinajstić information content (AvgIpc) is 2.51. The third-order valence-corrected chi connectivity index (χ3v) is 3.59. The van der Waals surface area contributed by atoms with Gasteiger partial charge in [0.25, 0.3) is 0 Å². The first-order chi connectivity index (χ1) is 10.5. The molecule has 0 radical (unpaired) electrons. The fourth-order valence-corrected chi connectivity index (χ4v) is 2.19. The van der Waals surface area contributed by atoms with E-state index in [1.54, 1.807) is 36.4 Å². The van der Waals surface area contributed by atoms with Crippen molar-refractivity contribution in [2.24, 2.45) is 0 Å². The van der Waals surface area contributed by atoms with E-state index in [1.807, 2.05) is 26.8 Å². The summed E-state index contributed by atoms with van der Waals surface area (Å²) >= 11 is 0. The first-order valence-electron chi connectivity index (χ1n) is 7.44. The molecular weight excluding hydrogens is 276 g/mol. The summed E-state index contributed by atoms with van der Waals surface area (Å²) in [7, 11) is 0. The highest BCUT2D eigenvalue weighted by Gasteiger charge is 2.17. The van der Waals surface area contributed by atoms with Gasteiger partial charge in [0.05, 0.1) is 11.1 Å². The molecule has 0 saturated carbocycles. The molecule has 0 unspecified atom stereocenters. The summed E-state index contributed by atoms with van der Waals surface area (Å²) in [5.74, 6) is -0.105. The van der Waals surface area contributed by atoms with Crippen LogP contribution in [0.5, 0.6) is 5.75 Å². The summed E-state index contributed by atoms with van der Waals surface area (Å²) in [5.41, 5.74) is 2.95. The number of carbonyl (C=O) groups is 2. The van der Waals surface area contributed by atoms with Crippen molar-refractivity contribution in [1.29, 1.82) is 0 Å². The van der Waals surface area contributed by atoms with Gasteiger partial charge >= 0.3 is 5.97 Å². The van der Waals surface area contributed by atoms with Crippen molar-refractivity contribution in [2.45, 2.75) is 33.6 Å². The van der Waals surface area contributed by atoms with Crippen LogP contribution in [0.4, 0.5) is 0 Å². The van der Waals surface area contributed by atoms with Gasteiger partial charge < -0.3 is 4.74 Å². The van der Waals surface area contributed by atoms with Crippen LogP contribution >= 0.6 is 0 Å². The van der Waals surface area contributed by atoms with Crippen LogP contribution in [-0.4, -0.2) is 11.8 Å². The Balaban J connectivity index is 2.35. The highest BCUT2D eigenvalue weighted by Crippen LogP contribution is 2.26. The Morgan fingerprint density at radius 3 is 2.27 bits per heavy atom. The van der Waals surface area contributed by atoms with Gasteiger partial charge in [-0.05, 0) is 55.7 Å². The minimum atomic E-state index is -0.450. The Morgan fingerprint density at radius 1 is 1.00 bits per heavy atom. The maximum Gasteiger partial charge on any atom is 0.343 e. The molecule has 2 rings (SSSR count). The molecule has 3 heteroatoms. The number of carbonyl (C=O) groups excluding carboxylic acids is 2. The molecule has 2 aromatic carbocycles. The molecule has 0 fully saturated rings. The van der Waals surface area contributed by atoms with Gasteiger partial charge in [0.2, 0.25) is 0 Å². The zero-order chi connectivity index (χ0) is 16.1. The molecule has 0 aromatic heterocycles. The van der Waals surface area contributed by atoms with Crippen LogP contribution in [0.15, 0.2) is 42.5 Å². The summed E-state index contributed by atoms with van der Waals surface area (Å²) in [4.78, 5) is 24.5. The van der Waals surface area contributed by atoms with Gasteiger partial charge in [0.15, 0.2) is 5.78 Å². The van der Waals surface area contributed by atoms with E-state index < -0.39 is 5.97 Å². The molecule has 0 saturated heterocycles.